The third-order valence-corrected chi connectivity index (χ3v) is 6.20. The molecule has 0 saturated carbocycles. The minimum atomic E-state index is 0.189. The Labute approximate surface area is 167 Å². The molecule has 0 unspecified atom stereocenters. The first-order valence-corrected chi connectivity index (χ1v) is 10.5. The lowest BCUT2D eigenvalue weighted by Crippen LogP contribution is -3.13. The van der Waals surface area contributed by atoms with Crippen molar-refractivity contribution in [1.82, 2.24) is 9.47 Å². The number of hydrogen-bond acceptors (Lipinski definition) is 2. The Kier molecular flexibility index (Phi) is 5.19. The van der Waals surface area contributed by atoms with E-state index in [1.165, 1.54) is 16.8 Å². The fraction of sp³-hybridized carbons (Fsp3) is 0.522. The van der Waals surface area contributed by atoms with Crippen LogP contribution in [-0.4, -0.2) is 48.2 Å². The molecule has 1 fully saturated rings. The standard InChI is InChI=1S/C23H31N3O2/c1-16(2)26-17(3)13-21(18(26)4)23(27)25-10-8-24(9-11-25)15-19-5-6-22-20(14-19)7-12-28-22/h5-6,13-14,16H,7-12,15H2,1-4H3/p+1. The summed E-state index contributed by atoms with van der Waals surface area (Å²) in [6.45, 7) is 14.0. The molecule has 0 aliphatic carbocycles. The second kappa shape index (κ2) is 7.63. The maximum Gasteiger partial charge on any atom is 0.256 e. The van der Waals surface area contributed by atoms with Crippen molar-refractivity contribution in [1.29, 1.82) is 0 Å². The minimum absolute atomic E-state index is 0.189. The normalized spacial score (nSPS) is 17.1. The number of rotatable bonds is 4. The largest absolute Gasteiger partial charge is 0.493 e. The molecule has 1 aromatic carbocycles. The third kappa shape index (κ3) is 3.55. The molecule has 1 N–H and O–H groups in total. The number of amides is 1. The predicted octanol–water partition coefficient (Wildman–Crippen LogP) is 2.16. The highest BCUT2D eigenvalue weighted by molar-refractivity contribution is 5.95. The molecule has 3 heterocycles. The van der Waals surface area contributed by atoms with Gasteiger partial charge in [0.15, 0.2) is 0 Å². The molecule has 1 saturated heterocycles. The van der Waals surface area contributed by atoms with Crippen molar-refractivity contribution in [2.45, 2.75) is 46.7 Å². The molecule has 4 rings (SSSR count). The van der Waals surface area contributed by atoms with Gasteiger partial charge in [-0.1, -0.05) is 0 Å². The smallest absolute Gasteiger partial charge is 0.256 e. The van der Waals surface area contributed by atoms with Crippen molar-refractivity contribution in [2.24, 2.45) is 0 Å². The number of benzene rings is 1. The summed E-state index contributed by atoms with van der Waals surface area (Å²) in [6.07, 6.45) is 1.02. The monoisotopic (exact) mass is 382 g/mol. The van der Waals surface area contributed by atoms with E-state index in [1.807, 2.05) is 4.90 Å². The molecule has 2 aromatic rings. The van der Waals surface area contributed by atoms with Gasteiger partial charge in [-0.15, -0.1) is 0 Å². The van der Waals surface area contributed by atoms with Crippen LogP contribution in [0.5, 0.6) is 5.75 Å². The Morgan fingerprint density at radius 2 is 1.93 bits per heavy atom. The number of nitrogens with one attached hydrogen (secondary N) is 1. The van der Waals surface area contributed by atoms with Gasteiger partial charge in [0.1, 0.15) is 12.3 Å². The first-order valence-electron chi connectivity index (χ1n) is 10.5. The lowest BCUT2D eigenvalue weighted by molar-refractivity contribution is -0.917. The van der Waals surface area contributed by atoms with Crippen LogP contribution in [0.1, 0.15) is 52.8 Å². The summed E-state index contributed by atoms with van der Waals surface area (Å²) in [5.41, 5.74) is 5.84. The van der Waals surface area contributed by atoms with Gasteiger partial charge in [0.25, 0.3) is 5.91 Å². The summed E-state index contributed by atoms with van der Waals surface area (Å²) < 4.78 is 7.86. The van der Waals surface area contributed by atoms with Crippen LogP contribution in [0.3, 0.4) is 0 Å². The number of piperazine rings is 1. The highest BCUT2D eigenvalue weighted by Gasteiger charge is 2.27. The van der Waals surface area contributed by atoms with Gasteiger partial charge < -0.3 is 19.1 Å². The molecule has 0 spiro atoms. The maximum atomic E-state index is 13.1. The Hall–Kier alpha value is -2.27. The Morgan fingerprint density at radius 1 is 1.18 bits per heavy atom. The van der Waals surface area contributed by atoms with E-state index in [0.717, 1.165) is 62.8 Å². The molecule has 2 aliphatic rings. The summed E-state index contributed by atoms with van der Waals surface area (Å²) in [7, 11) is 0. The Morgan fingerprint density at radius 3 is 2.61 bits per heavy atom. The van der Waals surface area contributed by atoms with Crippen LogP contribution in [0, 0.1) is 13.8 Å². The van der Waals surface area contributed by atoms with Crippen LogP contribution in [0.15, 0.2) is 24.3 Å². The second-order valence-corrected chi connectivity index (χ2v) is 8.51. The van der Waals surface area contributed by atoms with Crippen LogP contribution >= 0.6 is 0 Å². The van der Waals surface area contributed by atoms with Crippen LogP contribution < -0.4 is 9.64 Å². The summed E-state index contributed by atoms with van der Waals surface area (Å²) in [5.74, 6) is 1.24. The van der Waals surface area contributed by atoms with E-state index in [-0.39, 0.29) is 5.91 Å². The average Bonchev–Trinajstić information content (AvgIpc) is 3.25. The Bertz CT molecular complexity index is 876. The lowest BCUT2D eigenvalue weighted by Gasteiger charge is -2.32. The SMILES string of the molecule is Cc1cc(C(=O)N2CC[NH+](Cc3ccc4c(c3)CCO4)CC2)c(C)n1C(C)C. The van der Waals surface area contributed by atoms with E-state index in [2.05, 4.69) is 56.5 Å². The number of ether oxygens (including phenoxy) is 1. The van der Waals surface area contributed by atoms with Crippen LogP contribution in [0.25, 0.3) is 0 Å². The molecule has 5 nitrogen and oxygen atoms in total. The van der Waals surface area contributed by atoms with Crippen molar-refractivity contribution in [3.8, 4) is 5.75 Å². The molecule has 150 valence electrons. The van der Waals surface area contributed by atoms with Gasteiger partial charge in [0, 0.05) is 29.4 Å². The highest BCUT2D eigenvalue weighted by Crippen LogP contribution is 2.25. The van der Waals surface area contributed by atoms with Crippen LogP contribution in [0.2, 0.25) is 0 Å². The summed E-state index contributed by atoms with van der Waals surface area (Å²) in [5, 5.41) is 0. The van der Waals surface area contributed by atoms with Crippen molar-refractivity contribution in [3.63, 3.8) is 0 Å². The molecule has 0 radical (unpaired) electrons. The quantitative estimate of drug-likeness (QED) is 0.880. The molecule has 0 atom stereocenters. The van der Waals surface area contributed by atoms with Gasteiger partial charge in [-0.05, 0) is 57.5 Å². The van der Waals surface area contributed by atoms with Crippen molar-refractivity contribution >= 4 is 5.91 Å². The number of fused-ring (bicyclic) bond motifs is 1. The second-order valence-electron chi connectivity index (χ2n) is 8.51. The third-order valence-electron chi connectivity index (χ3n) is 6.20. The topological polar surface area (TPSA) is 38.9 Å². The van der Waals surface area contributed by atoms with Crippen molar-refractivity contribution in [3.05, 3.63) is 52.3 Å². The van der Waals surface area contributed by atoms with Gasteiger partial charge in [-0.25, -0.2) is 0 Å². The zero-order valence-electron chi connectivity index (χ0n) is 17.5. The van der Waals surface area contributed by atoms with Crippen molar-refractivity contribution in [2.75, 3.05) is 32.8 Å². The maximum absolute atomic E-state index is 13.1. The van der Waals surface area contributed by atoms with Gasteiger partial charge in [-0.2, -0.15) is 0 Å². The van der Waals surface area contributed by atoms with Gasteiger partial charge in [0.05, 0.1) is 38.3 Å². The number of nitrogens with zero attached hydrogens (tertiary/aromatic N) is 2. The van der Waals surface area contributed by atoms with E-state index in [4.69, 9.17) is 4.74 Å². The molecule has 1 aromatic heterocycles. The number of hydrogen-bond donors (Lipinski definition) is 1. The average molecular weight is 383 g/mol. The zero-order valence-corrected chi connectivity index (χ0v) is 17.5. The molecule has 2 aliphatic heterocycles. The van der Waals surface area contributed by atoms with E-state index in [0.29, 0.717) is 6.04 Å². The molecular formula is C23H32N3O2+. The predicted molar refractivity (Wildman–Crippen MR) is 110 cm³/mol. The molecule has 0 bridgehead atoms. The summed E-state index contributed by atoms with van der Waals surface area (Å²) in [4.78, 5) is 16.7. The fourth-order valence-corrected chi connectivity index (χ4v) is 4.80. The van der Waals surface area contributed by atoms with Gasteiger partial charge in [-0.3, -0.25) is 4.79 Å². The molecule has 1 amide bonds. The number of carbonyl (C=O) groups is 1. The van der Waals surface area contributed by atoms with Crippen LogP contribution in [-0.2, 0) is 13.0 Å². The zero-order chi connectivity index (χ0) is 19.8. The highest BCUT2D eigenvalue weighted by atomic mass is 16.5. The number of aryl methyl sites for hydroxylation is 1. The number of aromatic nitrogens is 1. The summed E-state index contributed by atoms with van der Waals surface area (Å²) in [6, 6.07) is 9.04. The number of quaternary nitrogens is 1. The van der Waals surface area contributed by atoms with Crippen molar-refractivity contribution < 1.29 is 14.4 Å². The first kappa shape index (κ1) is 19.1. The fourth-order valence-electron chi connectivity index (χ4n) is 4.80. The first-order chi connectivity index (χ1) is 13.4. The lowest BCUT2D eigenvalue weighted by atomic mass is 10.1. The van der Waals surface area contributed by atoms with E-state index < -0.39 is 0 Å². The van der Waals surface area contributed by atoms with Crippen LogP contribution in [0.4, 0.5) is 0 Å². The molecular weight excluding hydrogens is 350 g/mol. The van der Waals surface area contributed by atoms with Gasteiger partial charge in [0.2, 0.25) is 0 Å². The van der Waals surface area contributed by atoms with E-state index in [9.17, 15) is 4.79 Å². The molecule has 5 heteroatoms. The van der Waals surface area contributed by atoms with E-state index in [1.54, 1.807) is 4.90 Å². The summed E-state index contributed by atoms with van der Waals surface area (Å²) >= 11 is 0. The molecule has 28 heavy (non-hydrogen) atoms. The number of carbonyl (C=O) groups excluding carboxylic acids is 1. The van der Waals surface area contributed by atoms with E-state index >= 15 is 0 Å². The van der Waals surface area contributed by atoms with Gasteiger partial charge >= 0.3 is 0 Å². The minimum Gasteiger partial charge on any atom is -0.493 e. The Balaban J connectivity index is 1.38.